The fourth-order valence-electron chi connectivity index (χ4n) is 1.65. The average Bonchev–Trinajstić information content (AvgIpc) is 2.45. The molecule has 0 aliphatic rings. The van der Waals surface area contributed by atoms with Gasteiger partial charge in [0.05, 0.1) is 40.6 Å². The summed E-state index contributed by atoms with van der Waals surface area (Å²) < 4.78 is 21.2. The zero-order valence-electron chi connectivity index (χ0n) is 11.5. The Morgan fingerprint density at radius 2 is 1.79 bits per heavy atom. The molecule has 0 aliphatic heterocycles. The van der Waals surface area contributed by atoms with E-state index >= 15 is 0 Å². The van der Waals surface area contributed by atoms with Crippen molar-refractivity contribution in [1.29, 1.82) is 0 Å². The molecular formula is C13H21NO5. The van der Waals surface area contributed by atoms with Crippen LogP contribution in [0.1, 0.15) is 5.56 Å². The first-order valence-corrected chi connectivity index (χ1v) is 5.91. The molecule has 0 aliphatic carbocycles. The van der Waals surface area contributed by atoms with Crippen LogP contribution in [0.4, 0.5) is 0 Å². The summed E-state index contributed by atoms with van der Waals surface area (Å²) >= 11 is 0. The molecule has 1 aromatic carbocycles. The van der Waals surface area contributed by atoms with E-state index in [9.17, 15) is 5.11 Å². The van der Waals surface area contributed by atoms with Crippen LogP contribution in [0, 0.1) is 0 Å². The molecule has 1 atom stereocenters. The van der Waals surface area contributed by atoms with Gasteiger partial charge in [0.25, 0.3) is 0 Å². The normalized spacial score (nSPS) is 12.1. The maximum absolute atomic E-state index is 9.32. The maximum atomic E-state index is 9.32. The van der Waals surface area contributed by atoms with Crippen LogP contribution in [0.2, 0.25) is 0 Å². The van der Waals surface area contributed by atoms with E-state index in [0.717, 1.165) is 5.56 Å². The highest BCUT2D eigenvalue weighted by Crippen LogP contribution is 2.39. The van der Waals surface area contributed by atoms with E-state index in [1.807, 2.05) is 6.07 Å². The van der Waals surface area contributed by atoms with Crippen molar-refractivity contribution in [2.75, 3.05) is 34.5 Å². The second-order valence-electron chi connectivity index (χ2n) is 3.90. The lowest BCUT2D eigenvalue weighted by Crippen LogP contribution is -2.25. The minimum atomic E-state index is -0.661. The molecule has 0 fully saturated rings. The number of hydrogen-bond acceptors (Lipinski definition) is 6. The van der Waals surface area contributed by atoms with Crippen molar-refractivity contribution in [3.63, 3.8) is 0 Å². The molecule has 19 heavy (non-hydrogen) atoms. The lowest BCUT2D eigenvalue weighted by atomic mass is 10.2. The maximum Gasteiger partial charge on any atom is 0.203 e. The summed E-state index contributed by atoms with van der Waals surface area (Å²) in [6, 6.07) is 3.61. The summed E-state index contributed by atoms with van der Waals surface area (Å²) in [4.78, 5) is 0. The van der Waals surface area contributed by atoms with Crippen molar-refractivity contribution in [3.05, 3.63) is 17.7 Å². The second kappa shape index (κ2) is 7.83. The highest BCUT2D eigenvalue weighted by molar-refractivity contribution is 5.55. The lowest BCUT2D eigenvalue weighted by molar-refractivity contribution is 0.0321. The Morgan fingerprint density at radius 1 is 1.11 bits per heavy atom. The van der Waals surface area contributed by atoms with E-state index in [1.54, 1.807) is 27.4 Å². The number of hydrogen-bond donors (Lipinski definition) is 2. The minimum Gasteiger partial charge on any atom is -0.493 e. The SMILES string of the molecule is COc1ccc(COC[C@@H](O)CN)c(OC)c1OC. The van der Waals surface area contributed by atoms with E-state index in [1.165, 1.54) is 0 Å². The Kier molecular flexibility index (Phi) is 6.41. The van der Waals surface area contributed by atoms with Crippen LogP contribution in [0.15, 0.2) is 12.1 Å². The molecule has 0 amide bonds. The third-order valence-electron chi connectivity index (χ3n) is 2.63. The van der Waals surface area contributed by atoms with Gasteiger partial charge >= 0.3 is 0 Å². The first kappa shape index (κ1) is 15.6. The Morgan fingerprint density at radius 3 is 2.32 bits per heavy atom. The van der Waals surface area contributed by atoms with E-state index < -0.39 is 6.10 Å². The molecule has 1 aromatic rings. The number of nitrogens with two attached hydrogens (primary N) is 1. The molecule has 0 spiro atoms. The molecule has 108 valence electrons. The first-order chi connectivity index (χ1) is 9.17. The standard InChI is InChI=1S/C13H21NO5/c1-16-11-5-4-9(7-19-8-10(15)6-14)12(17-2)13(11)18-3/h4-5,10,15H,6-8,14H2,1-3H3/t10-/m0/s1. The van der Waals surface area contributed by atoms with Crippen molar-refractivity contribution in [1.82, 2.24) is 0 Å². The summed E-state index contributed by atoms with van der Waals surface area (Å²) in [5.41, 5.74) is 6.11. The lowest BCUT2D eigenvalue weighted by Gasteiger charge is -2.16. The molecule has 0 saturated carbocycles. The Hall–Kier alpha value is -1.50. The first-order valence-electron chi connectivity index (χ1n) is 5.91. The number of aliphatic hydroxyl groups is 1. The van der Waals surface area contributed by atoms with Crippen LogP contribution in [0.3, 0.4) is 0 Å². The monoisotopic (exact) mass is 271 g/mol. The molecule has 0 saturated heterocycles. The van der Waals surface area contributed by atoms with Crippen LogP contribution in [-0.4, -0.2) is 45.7 Å². The van der Waals surface area contributed by atoms with E-state index in [2.05, 4.69) is 0 Å². The molecule has 1 rings (SSSR count). The van der Waals surface area contributed by atoms with Gasteiger partial charge in [0.2, 0.25) is 5.75 Å². The van der Waals surface area contributed by atoms with Gasteiger partial charge in [0.15, 0.2) is 11.5 Å². The molecule has 0 unspecified atom stereocenters. The summed E-state index contributed by atoms with van der Waals surface area (Å²) in [5, 5.41) is 9.32. The smallest absolute Gasteiger partial charge is 0.203 e. The zero-order valence-corrected chi connectivity index (χ0v) is 11.5. The van der Waals surface area contributed by atoms with Crippen LogP contribution in [0.25, 0.3) is 0 Å². The molecule has 0 bridgehead atoms. The number of ether oxygens (including phenoxy) is 4. The number of benzene rings is 1. The Labute approximate surface area is 113 Å². The fourth-order valence-corrected chi connectivity index (χ4v) is 1.65. The van der Waals surface area contributed by atoms with E-state index in [-0.39, 0.29) is 13.2 Å². The molecule has 0 aromatic heterocycles. The Balaban J connectivity index is 2.83. The summed E-state index contributed by atoms with van der Waals surface area (Å²) in [6.07, 6.45) is -0.661. The van der Waals surface area contributed by atoms with E-state index in [4.69, 9.17) is 24.7 Å². The molecule has 0 heterocycles. The summed E-state index contributed by atoms with van der Waals surface area (Å²) in [7, 11) is 4.66. The number of aliphatic hydroxyl groups excluding tert-OH is 1. The van der Waals surface area contributed by atoms with Crippen LogP contribution in [0.5, 0.6) is 17.2 Å². The van der Waals surface area contributed by atoms with Crippen molar-refractivity contribution < 1.29 is 24.1 Å². The largest absolute Gasteiger partial charge is 0.493 e. The van der Waals surface area contributed by atoms with Crippen molar-refractivity contribution in [2.24, 2.45) is 5.73 Å². The van der Waals surface area contributed by atoms with Gasteiger partial charge in [-0.2, -0.15) is 0 Å². The van der Waals surface area contributed by atoms with Gasteiger partial charge in [-0.05, 0) is 12.1 Å². The van der Waals surface area contributed by atoms with Gasteiger partial charge in [0, 0.05) is 12.1 Å². The van der Waals surface area contributed by atoms with Crippen molar-refractivity contribution >= 4 is 0 Å². The van der Waals surface area contributed by atoms with Gasteiger partial charge in [-0.15, -0.1) is 0 Å². The quantitative estimate of drug-likeness (QED) is 0.718. The van der Waals surface area contributed by atoms with Gasteiger partial charge in [-0.1, -0.05) is 0 Å². The third-order valence-corrected chi connectivity index (χ3v) is 2.63. The fraction of sp³-hybridized carbons (Fsp3) is 0.538. The molecule has 0 radical (unpaired) electrons. The van der Waals surface area contributed by atoms with Crippen LogP contribution in [-0.2, 0) is 11.3 Å². The van der Waals surface area contributed by atoms with E-state index in [0.29, 0.717) is 23.9 Å². The highest BCUT2D eigenvalue weighted by Gasteiger charge is 2.15. The summed E-state index contributed by atoms with van der Waals surface area (Å²) in [6.45, 7) is 0.637. The zero-order chi connectivity index (χ0) is 14.3. The van der Waals surface area contributed by atoms with Crippen molar-refractivity contribution in [3.8, 4) is 17.2 Å². The molecule has 3 N–H and O–H groups in total. The molecular weight excluding hydrogens is 250 g/mol. The van der Waals surface area contributed by atoms with Gasteiger partial charge in [-0.3, -0.25) is 0 Å². The predicted molar refractivity (Wildman–Crippen MR) is 70.8 cm³/mol. The highest BCUT2D eigenvalue weighted by atomic mass is 16.5. The number of methoxy groups -OCH3 is 3. The minimum absolute atomic E-state index is 0.170. The van der Waals surface area contributed by atoms with Gasteiger partial charge in [-0.25, -0.2) is 0 Å². The molecule has 6 nitrogen and oxygen atoms in total. The van der Waals surface area contributed by atoms with Gasteiger partial charge < -0.3 is 29.8 Å². The molecule has 6 heteroatoms. The third kappa shape index (κ3) is 3.99. The summed E-state index contributed by atoms with van der Waals surface area (Å²) in [5.74, 6) is 1.67. The number of rotatable bonds is 8. The van der Waals surface area contributed by atoms with Crippen LogP contribution >= 0.6 is 0 Å². The van der Waals surface area contributed by atoms with Gasteiger partial charge in [0.1, 0.15) is 0 Å². The average molecular weight is 271 g/mol. The van der Waals surface area contributed by atoms with Crippen molar-refractivity contribution in [2.45, 2.75) is 12.7 Å². The second-order valence-corrected chi connectivity index (χ2v) is 3.90. The predicted octanol–water partition coefficient (Wildman–Crippen LogP) is 0.549. The Bertz CT molecular complexity index is 397. The van der Waals surface area contributed by atoms with Crippen LogP contribution < -0.4 is 19.9 Å². The topological polar surface area (TPSA) is 83.2 Å².